The lowest BCUT2D eigenvalue weighted by molar-refractivity contribution is 0.0589. The van der Waals surface area contributed by atoms with E-state index in [1.54, 1.807) is 0 Å². The Labute approximate surface area is 88.4 Å². The summed E-state index contributed by atoms with van der Waals surface area (Å²) in [4.78, 5) is 14.3. The number of halogens is 3. The van der Waals surface area contributed by atoms with E-state index in [9.17, 15) is 18.7 Å². The Morgan fingerprint density at radius 2 is 2.27 bits per heavy atom. The van der Waals surface area contributed by atoms with Gasteiger partial charge in [-0.15, -0.1) is 0 Å². The van der Waals surface area contributed by atoms with Crippen molar-refractivity contribution in [2.75, 3.05) is 7.11 Å². The number of hydrogen-bond acceptors (Lipinski definition) is 4. The summed E-state index contributed by atoms with van der Waals surface area (Å²) >= 11 is 5.39. The average Bonchev–Trinajstić information content (AvgIpc) is 2.19. The number of hydrogen-bond donors (Lipinski definition) is 1. The second-order valence-corrected chi connectivity index (χ2v) is 2.89. The monoisotopic (exact) mass is 237 g/mol. The highest BCUT2D eigenvalue weighted by Gasteiger charge is 2.21. The number of carbonyl (C=O) groups excluding carboxylic acids is 1. The highest BCUT2D eigenvalue weighted by Crippen LogP contribution is 2.30. The number of aromatic nitrogens is 1. The molecule has 0 spiro atoms. The lowest BCUT2D eigenvalue weighted by Crippen LogP contribution is -2.06. The van der Waals surface area contributed by atoms with Gasteiger partial charge in [0.05, 0.1) is 12.7 Å². The number of nitrogens with zero attached hydrogens (tertiary/aromatic N) is 1. The summed E-state index contributed by atoms with van der Waals surface area (Å²) in [7, 11) is 1.07. The van der Waals surface area contributed by atoms with Crippen LogP contribution in [0.1, 0.15) is 22.5 Å². The first kappa shape index (κ1) is 11.6. The molecule has 0 amide bonds. The Hall–Kier alpha value is -1.43. The van der Waals surface area contributed by atoms with Crippen LogP contribution in [-0.2, 0) is 4.74 Å². The van der Waals surface area contributed by atoms with E-state index >= 15 is 0 Å². The van der Waals surface area contributed by atoms with Crippen LogP contribution in [0.25, 0.3) is 0 Å². The molecule has 0 saturated carbocycles. The number of ether oxygens (including phenoxy) is 1. The molecule has 1 aromatic heterocycles. The van der Waals surface area contributed by atoms with Gasteiger partial charge in [-0.2, -0.15) is 0 Å². The summed E-state index contributed by atoms with van der Waals surface area (Å²) in [5, 5.41) is 8.67. The van der Waals surface area contributed by atoms with Crippen LogP contribution in [0.2, 0.25) is 5.15 Å². The predicted molar refractivity (Wildman–Crippen MR) is 47.2 cm³/mol. The van der Waals surface area contributed by atoms with E-state index in [1.807, 2.05) is 0 Å². The molecule has 0 aliphatic heterocycles. The normalized spacial score (nSPS) is 10.5. The van der Waals surface area contributed by atoms with Gasteiger partial charge in [0.2, 0.25) is 0 Å². The quantitative estimate of drug-likeness (QED) is 0.633. The minimum Gasteiger partial charge on any atom is -0.505 e. The zero-order chi connectivity index (χ0) is 11.6. The zero-order valence-electron chi connectivity index (χ0n) is 7.50. The Bertz CT molecular complexity index is 398. The van der Waals surface area contributed by atoms with Crippen LogP contribution >= 0.6 is 11.6 Å². The van der Waals surface area contributed by atoms with E-state index in [0.29, 0.717) is 6.07 Å². The third kappa shape index (κ3) is 2.33. The molecular weight excluding hydrogens is 232 g/mol. The molecule has 82 valence electrons. The maximum Gasteiger partial charge on any atom is 0.360 e. The van der Waals surface area contributed by atoms with Crippen LogP contribution in [0.4, 0.5) is 8.78 Å². The van der Waals surface area contributed by atoms with E-state index in [-0.39, 0.29) is 0 Å². The number of pyridine rings is 1. The van der Waals surface area contributed by atoms with Gasteiger partial charge in [-0.05, 0) is 6.07 Å². The smallest absolute Gasteiger partial charge is 0.360 e. The van der Waals surface area contributed by atoms with Crippen LogP contribution in [-0.4, -0.2) is 23.2 Å². The molecular formula is C8H6ClF2NO3. The molecule has 1 rings (SSSR count). The van der Waals surface area contributed by atoms with Crippen molar-refractivity contribution < 1.29 is 23.4 Å². The third-order valence-electron chi connectivity index (χ3n) is 1.60. The molecule has 0 unspecified atom stereocenters. The van der Waals surface area contributed by atoms with Crippen molar-refractivity contribution in [3.8, 4) is 5.75 Å². The fourth-order valence-corrected chi connectivity index (χ4v) is 1.12. The van der Waals surface area contributed by atoms with Gasteiger partial charge in [0.15, 0.2) is 5.69 Å². The molecule has 15 heavy (non-hydrogen) atoms. The van der Waals surface area contributed by atoms with Gasteiger partial charge in [0, 0.05) is 0 Å². The van der Waals surface area contributed by atoms with Crippen molar-refractivity contribution >= 4 is 17.6 Å². The van der Waals surface area contributed by atoms with Gasteiger partial charge < -0.3 is 9.84 Å². The van der Waals surface area contributed by atoms with Crippen LogP contribution in [0.3, 0.4) is 0 Å². The average molecular weight is 238 g/mol. The summed E-state index contributed by atoms with van der Waals surface area (Å²) in [5.41, 5.74) is -1.13. The maximum atomic E-state index is 12.3. The lowest BCUT2D eigenvalue weighted by Gasteiger charge is -2.06. The summed E-state index contributed by atoms with van der Waals surface area (Å²) in [6.07, 6.45) is -2.87. The van der Waals surface area contributed by atoms with Crippen molar-refractivity contribution in [1.29, 1.82) is 0 Å². The number of rotatable bonds is 2. The molecule has 7 heteroatoms. The van der Waals surface area contributed by atoms with Crippen molar-refractivity contribution in [3.05, 3.63) is 22.5 Å². The highest BCUT2D eigenvalue weighted by molar-refractivity contribution is 6.30. The SMILES string of the molecule is COC(=O)c1nc(Cl)c(C(F)F)cc1O. The van der Waals surface area contributed by atoms with E-state index < -0.39 is 34.6 Å². The fourth-order valence-electron chi connectivity index (χ4n) is 0.895. The number of esters is 1. The van der Waals surface area contributed by atoms with E-state index in [1.165, 1.54) is 0 Å². The molecule has 0 saturated heterocycles. The van der Waals surface area contributed by atoms with Gasteiger partial charge in [0.25, 0.3) is 6.43 Å². The molecule has 0 fully saturated rings. The molecule has 0 bridgehead atoms. The standard InChI is InChI=1S/C8H6ClF2NO3/c1-15-8(14)5-4(13)2-3(7(10)11)6(9)12-5/h2,7,13H,1H3. The van der Waals surface area contributed by atoms with Gasteiger partial charge in [-0.1, -0.05) is 11.6 Å². The van der Waals surface area contributed by atoms with E-state index in [0.717, 1.165) is 7.11 Å². The van der Waals surface area contributed by atoms with Gasteiger partial charge in [0.1, 0.15) is 10.9 Å². The van der Waals surface area contributed by atoms with Gasteiger partial charge in [-0.25, -0.2) is 18.6 Å². The fraction of sp³-hybridized carbons (Fsp3) is 0.250. The molecule has 4 nitrogen and oxygen atoms in total. The number of methoxy groups -OCH3 is 1. The second-order valence-electron chi connectivity index (χ2n) is 2.53. The Morgan fingerprint density at radius 1 is 1.67 bits per heavy atom. The predicted octanol–water partition coefficient (Wildman–Crippen LogP) is 2.16. The van der Waals surface area contributed by atoms with Crippen molar-refractivity contribution in [1.82, 2.24) is 4.98 Å². The molecule has 0 radical (unpaired) electrons. The Morgan fingerprint density at radius 3 is 2.73 bits per heavy atom. The zero-order valence-corrected chi connectivity index (χ0v) is 8.26. The van der Waals surface area contributed by atoms with Crippen molar-refractivity contribution in [2.45, 2.75) is 6.43 Å². The molecule has 0 aliphatic rings. The maximum absolute atomic E-state index is 12.3. The molecule has 1 heterocycles. The van der Waals surface area contributed by atoms with Crippen LogP contribution in [0.15, 0.2) is 6.07 Å². The number of carbonyl (C=O) groups is 1. The Balaban J connectivity index is 3.25. The van der Waals surface area contributed by atoms with Crippen LogP contribution < -0.4 is 0 Å². The van der Waals surface area contributed by atoms with Gasteiger partial charge >= 0.3 is 5.97 Å². The molecule has 0 aromatic carbocycles. The first-order valence-corrected chi connectivity index (χ1v) is 4.11. The summed E-state index contributed by atoms with van der Waals surface area (Å²) in [6.45, 7) is 0. The van der Waals surface area contributed by atoms with Gasteiger partial charge in [-0.3, -0.25) is 0 Å². The molecule has 0 aliphatic carbocycles. The minimum atomic E-state index is -2.87. The molecule has 1 aromatic rings. The molecule has 1 N–H and O–H groups in total. The minimum absolute atomic E-state index is 0.494. The highest BCUT2D eigenvalue weighted by atomic mass is 35.5. The summed E-state index contributed by atoms with van der Waals surface area (Å²) in [5.74, 6) is -1.64. The van der Waals surface area contributed by atoms with Crippen LogP contribution in [0, 0.1) is 0 Å². The summed E-state index contributed by atoms with van der Waals surface area (Å²) in [6, 6.07) is 0.687. The summed E-state index contributed by atoms with van der Waals surface area (Å²) < 4.78 is 28.8. The first-order chi connectivity index (χ1) is 6.97. The van der Waals surface area contributed by atoms with Crippen LogP contribution in [0.5, 0.6) is 5.75 Å². The topological polar surface area (TPSA) is 59.4 Å². The first-order valence-electron chi connectivity index (χ1n) is 3.73. The number of aromatic hydroxyl groups is 1. The largest absolute Gasteiger partial charge is 0.505 e. The molecule has 0 atom stereocenters. The third-order valence-corrected chi connectivity index (χ3v) is 1.90. The van der Waals surface area contributed by atoms with Crippen molar-refractivity contribution in [2.24, 2.45) is 0 Å². The Kier molecular flexibility index (Phi) is 3.41. The lowest BCUT2D eigenvalue weighted by atomic mass is 10.2. The van der Waals surface area contributed by atoms with E-state index in [2.05, 4.69) is 9.72 Å². The van der Waals surface area contributed by atoms with E-state index in [4.69, 9.17) is 11.6 Å². The second kappa shape index (κ2) is 4.39. The number of alkyl halides is 2. The van der Waals surface area contributed by atoms with Crippen molar-refractivity contribution in [3.63, 3.8) is 0 Å².